The second-order valence-corrected chi connectivity index (χ2v) is 3.50. The molecule has 1 aliphatic heterocycles. The highest BCUT2D eigenvalue weighted by Crippen LogP contribution is 2.07. The Morgan fingerprint density at radius 2 is 2.67 bits per heavy atom. The van der Waals surface area contributed by atoms with Crippen LogP contribution in [0.5, 0.6) is 0 Å². The largest absolute Gasteiger partial charge is 0.421 e. The molecule has 0 aromatic carbocycles. The van der Waals surface area contributed by atoms with Crippen molar-refractivity contribution in [2.24, 2.45) is 0 Å². The number of ether oxygens (including phenoxy) is 1. The quantitative estimate of drug-likeness (QED) is 0.236. The Labute approximate surface area is 57.8 Å². The lowest BCUT2D eigenvalue weighted by molar-refractivity contribution is 0.274. The number of rotatable bonds is 5. The highest BCUT2D eigenvalue weighted by molar-refractivity contribution is 6.27. The maximum Gasteiger partial charge on any atom is 0.165 e. The monoisotopic (exact) mass is 144 g/mol. The van der Waals surface area contributed by atoms with E-state index in [9.17, 15) is 0 Å². The Kier molecular flexibility index (Phi) is 2.97. The van der Waals surface area contributed by atoms with Gasteiger partial charge in [-0.25, -0.2) is 0 Å². The molecule has 3 heteroatoms. The molecule has 9 heavy (non-hydrogen) atoms. The van der Waals surface area contributed by atoms with Crippen molar-refractivity contribution in [1.29, 1.82) is 0 Å². The molecule has 1 saturated heterocycles. The zero-order valence-corrected chi connectivity index (χ0v) is 6.92. The van der Waals surface area contributed by atoms with E-state index in [1.165, 1.54) is 0 Å². The summed E-state index contributed by atoms with van der Waals surface area (Å²) in [5.41, 5.74) is 0. The average molecular weight is 144 g/mol. The first kappa shape index (κ1) is 6.99. The third-order valence-electron chi connectivity index (χ3n) is 1.17. The predicted molar refractivity (Wildman–Crippen MR) is 39.2 cm³/mol. The molecule has 0 aromatic heterocycles. The summed E-state index contributed by atoms with van der Waals surface area (Å²) in [5, 5.41) is 0. The van der Waals surface area contributed by atoms with Crippen molar-refractivity contribution in [3.8, 4) is 0 Å². The SMILES string of the molecule is C=CC[SiH2]OCC1CO1. The van der Waals surface area contributed by atoms with Crippen molar-refractivity contribution in [2.75, 3.05) is 13.2 Å². The van der Waals surface area contributed by atoms with E-state index in [-0.39, 0.29) is 9.76 Å². The van der Waals surface area contributed by atoms with Gasteiger partial charge in [-0.05, 0) is 6.04 Å². The highest BCUT2D eigenvalue weighted by atomic mass is 28.2. The smallest absolute Gasteiger partial charge is 0.165 e. The van der Waals surface area contributed by atoms with E-state index >= 15 is 0 Å². The van der Waals surface area contributed by atoms with E-state index in [0.717, 1.165) is 19.3 Å². The van der Waals surface area contributed by atoms with Crippen LogP contribution in [0, 0.1) is 0 Å². The highest BCUT2D eigenvalue weighted by Gasteiger charge is 2.21. The van der Waals surface area contributed by atoms with E-state index in [1.807, 2.05) is 6.08 Å². The minimum absolute atomic E-state index is 0.290. The van der Waals surface area contributed by atoms with Crippen LogP contribution in [0.1, 0.15) is 0 Å². The van der Waals surface area contributed by atoms with Crippen molar-refractivity contribution in [3.63, 3.8) is 0 Å². The summed E-state index contributed by atoms with van der Waals surface area (Å²) < 4.78 is 10.3. The minimum Gasteiger partial charge on any atom is -0.421 e. The van der Waals surface area contributed by atoms with Crippen molar-refractivity contribution < 1.29 is 9.16 Å². The zero-order valence-electron chi connectivity index (χ0n) is 5.51. The van der Waals surface area contributed by atoms with Crippen LogP contribution in [0.3, 0.4) is 0 Å². The Hall–Kier alpha value is -0.123. The topological polar surface area (TPSA) is 21.8 Å². The van der Waals surface area contributed by atoms with Crippen LogP contribution in [0.2, 0.25) is 6.04 Å². The fourth-order valence-corrected chi connectivity index (χ4v) is 1.31. The van der Waals surface area contributed by atoms with Gasteiger partial charge in [-0.15, -0.1) is 6.58 Å². The molecule has 0 radical (unpaired) electrons. The van der Waals surface area contributed by atoms with Gasteiger partial charge in [-0.2, -0.15) is 0 Å². The van der Waals surface area contributed by atoms with E-state index < -0.39 is 0 Å². The van der Waals surface area contributed by atoms with Gasteiger partial charge in [0.1, 0.15) is 6.10 Å². The van der Waals surface area contributed by atoms with Crippen LogP contribution < -0.4 is 0 Å². The molecule has 1 atom stereocenters. The lowest BCUT2D eigenvalue weighted by Crippen LogP contribution is -2.04. The van der Waals surface area contributed by atoms with Crippen LogP contribution in [-0.2, 0) is 9.16 Å². The maximum atomic E-state index is 5.34. The summed E-state index contributed by atoms with van der Waals surface area (Å²) >= 11 is 0. The molecule has 1 heterocycles. The summed E-state index contributed by atoms with van der Waals surface area (Å²) in [6.45, 7) is 5.34. The summed E-state index contributed by atoms with van der Waals surface area (Å²) in [4.78, 5) is 0. The predicted octanol–water partition coefficient (Wildman–Crippen LogP) is 0.0899. The Bertz CT molecular complexity index is 91.1. The second-order valence-electron chi connectivity index (χ2n) is 2.11. The molecule has 0 bridgehead atoms. The van der Waals surface area contributed by atoms with Gasteiger partial charge in [0.05, 0.1) is 13.2 Å². The molecule has 0 N–H and O–H groups in total. The molecule has 52 valence electrons. The van der Waals surface area contributed by atoms with Crippen molar-refractivity contribution in [3.05, 3.63) is 12.7 Å². The molecule has 2 nitrogen and oxygen atoms in total. The Morgan fingerprint density at radius 1 is 1.89 bits per heavy atom. The van der Waals surface area contributed by atoms with Crippen LogP contribution >= 0.6 is 0 Å². The first-order valence-electron chi connectivity index (χ1n) is 3.23. The van der Waals surface area contributed by atoms with Crippen LogP contribution in [0.15, 0.2) is 12.7 Å². The standard InChI is InChI=1S/C6H12O2Si/c1-2-3-9-8-5-6-4-7-6/h2,6H,1,3-5,9H2. The molecule has 1 aliphatic rings. The lowest BCUT2D eigenvalue weighted by atomic mass is 10.5. The fourth-order valence-electron chi connectivity index (χ4n) is 0.546. The van der Waals surface area contributed by atoms with Gasteiger partial charge in [-0.3, -0.25) is 0 Å². The van der Waals surface area contributed by atoms with E-state index in [2.05, 4.69) is 6.58 Å². The Morgan fingerprint density at radius 3 is 3.22 bits per heavy atom. The van der Waals surface area contributed by atoms with E-state index in [4.69, 9.17) is 9.16 Å². The van der Waals surface area contributed by atoms with Gasteiger partial charge in [0.15, 0.2) is 9.76 Å². The molecule has 1 rings (SSSR count). The summed E-state index contributed by atoms with van der Waals surface area (Å²) in [5.74, 6) is 0. The average Bonchev–Trinajstić information content (AvgIpc) is 2.63. The van der Waals surface area contributed by atoms with E-state index in [0.29, 0.717) is 6.10 Å². The molecule has 1 unspecified atom stereocenters. The van der Waals surface area contributed by atoms with Gasteiger partial charge in [0.25, 0.3) is 0 Å². The van der Waals surface area contributed by atoms with Crippen LogP contribution in [0.25, 0.3) is 0 Å². The third-order valence-corrected chi connectivity index (χ3v) is 2.34. The number of epoxide rings is 1. The molecular weight excluding hydrogens is 132 g/mol. The first-order chi connectivity index (χ1) is 4.43. The second kappa shape index (κ2) is 3.82. The van der Waals surface area contributed by atoms with Crippen molar-refractivity contribution in [1.82, 2.24) is 0 Å². The molecule has 1 fully saturated rings. The maximum absolute atomic E-state index is 5.34. The van der Waals surface area contributed by atoms with E-state index in [1.54, 1.807) is 0 Å². The molecule has 0 amide bonds. The van der Waals surface area contributed by atoms with Gasteiger partial charge in [0.2, 0.25) is 0 Å². The molecule has 0 aromatic rings. The zero-order chi connectivity index (χ0) is 6.53. The number of hydrogen-bond acceptors (Lipinski definition) is 2. The minimum atomic E-state index is -0.290. The third kappa shape index (κ3) is 3.45. The normalized spacial score (nSPS) is 25.1. The van der Waals surface area contributed by atoms with Crippen molar-refractivity contribution in [2.45, 2.75) is 12.1 Å². The summed E-state index contributed by atoms with van der Waals surface area (Å²) in [6, 6.07) is 1.08. The molecule has 0 saturated carbocycles. The van der Waals surface area contributed by atoms with Gasteiger partial charge < -0.3 is 9.16 Å². The van der Waals surface area contributed by atoms with Crippen LogP contribution in [-0.4, -0.2) is 29.1 Å². The van der Waals surface area contributed by atoms with Crippen LogP contribution in [0.4, 0.5) is 0 Å². The Balaban J connectivity index is 1.75. The number of hydrogen-bond donors (Lipinski definition) is 0. The molecule has 0 spiro atoms. The fraction of sp³-hybridized carbons (Fsp3) is 0.667. The van der Waals surface area contributed by atoms with Gasteiger partial charge in [-0.1, -0.05) is 6.08 Å². The lowest BCUT2D eigenvalue weighted by Gasteiger charge is -1.95. The molecule has 0 aliphatic carbocycles. The molecular formula is C6H12O2Si. The first-order valence-corrected chi connectivity index (χ1v) is 4.81. The number of allylic oxidation sites excluding steroid dienone is 1. The summed E-state index contributed by atoms with van der Waals surface area (Å²) in [6.07, 6.45) is 2.35. The van der Waals surface area contributed by atoms with Gasteiger partial charge in [0, 0.05) is 0 Å². The van der Waals surface area contributed by atoms with Crippen molar-refractivity contribution >= 4 is 9.76 Å². The van der Waals surface area contributed by atoms with Gasteiger partial charge >= 0.3 is 0 Å². The summed E-state index contributed by atoms with van der Waals surface area (Å²) in [7, 11) is -0.290.